The smallest absolute Gasteiger partial charge is 0.341 e. The number of aromatic nitrogens is 1. The molecule has 1 aliphatic heterocycles. The Morgan fingerprint density at radius 1 is 1.21 bits per heavy atom. The number of ether oxygens (including phenoxy) is 3. The molecule has 0 saturated heterocycles. The van der Waals surface area contributed by atoms with E-state index in [0.29, 0.717) is 43.0 Å². The fourth-order valence-corrected chi connectivity index (χ4v) is 5.79. The van der Waals surface area contributed by atoms with Gasteiger partial charge in [-0.15, -0.1) is 0 Å². The molecule has 1 atom stereocenters. The zero-order chi connectivity index (χ0) is 28.3. The number of esters is 1. The van der Waals surface area contributed by atoms with E-state index in [9.17, 15) is 14.4 Å². The molecule has 1 aromatic heterocycles. The SMILES string of the molecule is CCOc1cc(C=c2sc3n(c2=O)C(c2ccccc2)C(C(=O)OC(C)C)=C(C)N=3)cc(Br)c1OCC(=O)O. The average Bonchev–Trinajstić information content (AvgIpc) is 3.16. The molecule has 2 aromatic carbocycles. The van der Waals surface area contributed by atoms with E-state index in [0.717, 1.165) is 5.56 Å². The number of aliphatic carboxylic acids is 1. The van der Waals surface area contributed by atoms with Gasteiger partial charge < -0.3 is 19.3 Å². The highest BCUT2D eigenvalue weighted by Crippen LogP contribution is 2.37. The van der Waals surface area contributed by atoms with Crippen molar-refractivity contribution in [2.24, 2.45) is 4.99 Å². The molecular weight excluding hydrogens is 588 g/mol. The molecule has 1 N–H and O–H groups in total. The average molecular weight is 616 g/mol. The lowest BCUT2D eigenvalue weighted by atomic mass is 9.96. The fraction of sp³-hybridized carbons (Fsp3) is 0.286. The number of hydrogen-bond donors (Lipinski definition) is 1. The molecule has 0 radical (unpaired) electrons. The van der Waals surface area contributed by atoms with Crippen LogP contribution in [0.1, 0.15) is 44.9 Å². The number of thiazole rings is 1. The van der Waals surface area contributed by atoms with Gasteiger partial charge in [-0.1, -0.05) is 41.7 Å². The van der Waals surface area contributed by atoms with Crippen LogP contribution in [0.3, 0.4) is 0 Å². The van der Waals surface area contributed by atoms with Gasteiger partial charge in [-0.3, -0.25) is 9.36 Å². The zero-order valence-electron chi connectivity index (χ0n) is 21.8. The third-order valence-electron chi connectivity index (χ3n) is 5.67. The largest absolute Gasteiger partial charge is 0.490 e. The summed E-state index contributed by atoms with van der Waals surface area (Å²) in [6, 6.07) is 12.0. The Kier molecular flexibility index (Phi) is 8.71. The first kappa shape index (κ1) is 28.3. The Bertz CT molecular complexity index is 1620. The highest BCUT2D eigenvalue weighted by molar-refractivity contribution is 9.10. The quantitative estimate of drug-likeness (QED) is 0.364. The standard InChI is InChI=1S/C28H27BrN2O7S/c1-5-36-20-12-17(11-19(29)25(20)37-14-22(32)33)13-21-26(34)31-24(18-9-7-6-8-10-18)23(27(35)38-15(2)3)16(4)30-28(31)39-21/h6-13,15,24H,5,14H2,1-4H3,(H,32,33). The number of hydrogen-bond acceptors (Lipinski definition) is 8. The third kappa shape index (κ3) is 6.15. The molecular formula is C28H27BrN2O7S. The topological polar surface area (TPSA) is 116 Å². The van der Waals surface area contributed by atoms with Crippen LogP contribution in [0.4, 0.5) is 0 Å². The van der Waals surface area contributed by atoms with Crippen LogP contribution in [0, 0.1) is 0 Å². The van der Waals surface area contributed by atoms with Crippen LogP contribution in [0.25, 0.3) is 6.08 Å². The van der Waals surface area contributed by atoms with Crippen molar-refractivity contribution in [3.05, 3.63) is 89.0 Å². The number of nitrogens with zero attached hydrogens (tertiary/aromatic N) is 2. The second kappa shape index (κ2) is 12.0. The molecule has 0 aliphatic carbocycles. The van der Waals surface area contributed by atoms with E-state index in [4.69, 9.17) is 19.3 Å². The lowest BCUT2D eigenvalue weighted by Crippen LogP contribution is -2.40. The van der Waals surface area contributed by atoms with Gasteiger partial charge in [0, 0.05) is 0 Å². The first-order valence-electron chi connectivity index (χ1n) is 12.2. The lowest BCUT2D eigenvalue weighted by Gasteiger charge is -2.25. The summed E-state index contributed by atoms with van der Waals surface area (Å²) in [7, 11) is 0. The maximum atomic E-state index is 13.8. The van der Waals surface area contributed by atoms with Crippen LogP contribution in [-0.4, -0.2) is 40.9 Å². The van der Waals surface area contributed by atoms with Crippen LogP contribution >= 0.6 is 27.3 Å². The van der Waals surface area contributed by atoms with Crippen molar-refractivity contribution in [3.63, 3.8) is 0 Å². The second-order valence-corrected chi connectivity index (χ2v) is 10.8. The van der Waals surface area contributed by atoms with E-state index < -0.39 is 24.6 Å². The van der Waals surface area contributed by atoms with E-state index in [1.807, 2.05) is 30.3 Å². The first-order chi connectivity index (χ1) is 18.6. The summed E-state index contributed by atoms with van der Waals surface area (Å²) in [6.07, 6.45) is 1.37. The minimum Gasteiger partial charge on any atom is -0.490 e. The summed E-state index contributed by atoms with van der Waals surface area (Å²) in [5, 5.41) is 9.00. The van der Waals surface area contributed by atoms with Crippen molar-refractivity contribution >= 4 is 45.3 Å². The minimum absolute atomic E-state index is 0.255. The highest BCUT2D eigenvalue weighted by atomic mass is 79.9. The second-order valence-electron chi connectivity index (χ2n) is 8.89. The molecule has 1 unspecified atom stereocenters. The summed E-state index contributed by atoms with van der Waals surface area (Å²) in [6.45, 7) is 6.88. The number of fused-ring (bicyclic) bond motifs is 1. The van der Waals surface area contributed by atoms with Crippen LogP contribution in [-0.2, 0) is 14.3 Å². The van der Waals surface area contributed by atoms with E-state index in [1.54, 1.807) is 45.9 Å². The molecule has 0 spiro atoms. The maximum absolute atomic E-state index is 13.8. The Balaban J connectivity index is 1.87. The van der Waals surface area contributed by atoms with Crippen molar-refractivity contribution in [2.75, 3.05) is 13.2 Å². The van der Waals surface area contributed by atoms with Crippen LogP contribution < -0.4 is 24.4 Å². The molecule has 204 valence electrons. The molecule has 3 aromatic rings. The summed E-state index contributed by atoms with van der Waals surface area (Å²) < 4.78 is 19.0. The van der Waals surface area contributed by atoms with Gasteiger partial charge >= 0.3 is 11.9 Å². The summed E-state index contributed by atoms with van der Waals surface area (Å²) >= 11 is 4.63. The zero-order valence-corrected chi connectivity index (χ0v) is 24.2. The van der Waals surface area contributed by atoms with Gasteiger partial charge in [0.25, 0.3) is 5.56 Å². The number of benzene rings is 2. The van der Waals surface area contributed by atoms with Crippen molar-refractivity contribution in [1.29, 1.82) is 0 Å². The molecule has 4 rings (SSSR count). The number of carbonyl (C=O) groups excluding carboxylic acids is 1. The fourth-order valence-electron chi connectivity index (χ4n) is 4.17. The summed E-state index contributed by atoms with van der Waals surface area (Å²) in [5.74, 6) is -1.04. The summed E-state index contributed by atoms with van der Waals surface area (Å²) in [5.41, 5.74) is 1.88. The van der Waals surface area contributed by atoms with E-state index in [-0.39, 0.29) is 17.4 Å². The van der Waals surface area contributed by atoms with E-state index in [1.165, 1.54) is 15.9 Å². The van der Waals surface area contributed by atoms with E-state index >= 15 is 0 Å². The van der Waals surface area contributed by atoms with Crippen molar-refractivity contribution in [3.8, 4) is 11.5 Å². The van der Waals surface area contributed by atoms with Gasteiger partial charge in [-0.2, -0.15) is 0 Å². The number of rotatable bonds is 9. The molecule has 0 saturated carbocycles. The molecule has 0 bridgehead atoms. The molecule has 39 heavy (non-hydrogen) atoms. The maximum Gasteiger partial charge on any atom is 0.341 e. The van der Waals surface area contributed by atoms with Crippen LogP contribution in [0.5, 0.6) is 11.5 Å². The predicted molar refractivity (Wildman–Crippen MR) is 150 cm³/mol. The Morgan fingerprint density at radius 3 is 2.56 bits per heavy atom. The van der Waals surface area contributed by atoms with E-state index in [2.05, 4.69) is 20.9 Å². The molecule has 1 aliphatic rings. The number of halogens is 1. The molecule has 2 heterocycles. The predicted octanol–water partition coefficient (Wildman–Crippen LogP) is 3.81. The molecule has 0 fully saturated rings. The van der Waals surface area contributed by atoms with Gasteiger partial charge in [0.05, 0.1) is 39.0 Å². The number of carbonyl (C=O) groups is 2. The van der Waals surface area contributed by atoms with Crippen molar-refractivity contribution in [1.82, 2.24) is 4.57 Å². The Hall–Kier alpha value is -3.70. The van der Waals surface area contributed by atoms with Crippen molar-refractivity contribution < 1.29 is 28.9 Å². The van der Waals surface area contributed by atoms with Gasteiger partial charge in [-0.05, 0) is 73.0 Å². The first-order valence-corrected chi connectivity index (χ1v) is 13.8. The number of carboxylic acids is 1. The summed E-state index contributed by atoms with van der Waals surface area (Å²) in [4.78, 5) is 43.0. The monoisotopic (exact) mass is 614 g/mol. The highest BCUT2D eigenvalue weighted by Gasteiger charge is 2.33. The normalized spacial score (nSPS) is 15.1. The van der Waals surface area contributed by atoms with Gasteiger partial charge in [0.2, 0.25) is 0 Å². The molecule has 0 amide bonds. The van der Waals surface area contributed by atoms with Gasteiger partial charge in [0.15, 0.2) is 22.9 Å². The van der Waals surface area contributed by atoms with Gasteiger partial charge in [0.1, 0.15) is 0 Å². The van der Waals surface area contributed by atoms with Crippen LogP contribution in [0.2, 0.25) is 0 Å². The van der Waals surface area contributed by atoms with Crippen molar-refractivity contribution in [2.45, 2.75) is 39.8 Å². The number of carboxylic acid groups (broad SMARTS) is 1. The van der Waals surface area contributed by atoms with Crippen LogP contribution in [0.15, 0.2) is 68.0 Å². The molecule has 9 nitrogen and oxygen atoms in total. The Morgan fingerprint density at radius 2 is 1.92 bits per heavy atom. The third-order valence-corrected chi connectivity index (χ3v) is 7.24. The lowest BCUT2D eigenvalue weighted by molar-refractivity contribution is -0.143. The van der Waals surface area contributed by atoms with Gasteiger partial charge in [-0.25, -0.2) is 14.6 Å². The number of allylic oxidation sites excluding steroid dienone is 1. The Labute approximate surface area is 236 Å². The minimum atomic E-state index is -1.12. The molecule has 11 heteroatoms.